The second kappa shape index (κ2) is 6.31. The molecule has 3 heteroatoms. The smallest absolute Gasteiger partial charge is 0.136 e. The van der Waals surface area contributed by atoms with Crippen LogP contribution in [0.15, 0.2) is 47.4 Å². The number of hydrogen-bond donors (Lipinski definition) is 0. The molecule has 0 aliphatic rings. The maximum Gasteiger partial charge on any atom is 0.136 e. The van der Waals surface area contributed by atoms with Crippen LogP contribution in [0.1, 0.15) is 16.7 Å². The Kier molecular flexibility index (Phi) is 4.48. The number of hydrogen-bond acceptors (Lipinski definition) is 3. The van der Waals surface area contributed by atoms with E-state index < -0.39 is 0 Å². The standard InChI is InChI=1S/C16H15NOS/c1-12-4-3-5-15(8-12)19-11-13-6-7-14(10-17)16(9-13)18-2/h3-9H,11H2,1-2H3. The van der Waals surface area contributed by atoms with E-state index in [-0.39, 0.29) is 0 Å². The summed E-state index contributed by atoms with van der Waals surface area (Å²) in [6.45, 7) is 2.09. The molecule has 0 bridgehead atoms. The van der Waals surface area contributed by atoms with Crippen LogP contribution in [0.2, 0.25) is 0 Å². The summed E-state index contributed by atoms with van der Waals surface area (Å²) >= 11 is 1.78. The first-order chi connectivity index (χ1) is 9.22. The maximum absolute atomic E-state index is 8.94. The zero-order chi connectivity index (χ0) is 13.7. The van der Waals surface area contributed by atoms with Crippen LogP contribution >= 0.6 is 11.8 Å². The summed E-state index contributed by atoms with van der Waals surface area (Å²) in [5.74, 6) is 1.51. The number of nitrogens with zero attached hydrogens (tertiary/aromatic N) is 1. The van der Waals surface area contributed by atoms with Gasteiger partial charge in [0.2, 0.25) is 0 Å². The lowest BCUT2D eigenvalue weighted by molar-refractivity contribution is 0.413. The molecule has 0 aliphatic heterocycles. The van der Waals surface area contributed by atoms with Crippen molar-refractivity contribution in [3.05, 3.63) is 59.2 Å². The fraction of sp³-hybridized carbons (Fsp3) is 0.188. The first-order valence-electron chi connectivity index (χ1n) is 5.99. The molecule has 0 heterocycles. The largest absolute Gasteiger partial charge is 0.495 e. The van der Waals surface area contributed by atoms with E-state index in [4.69, 9.17) is 10.00 Å². The summed E-state index contributed by atoms with van der Waals surface area (Å²) in [6.07, 6.45) is 0. The number of aryl methyl sites for hydroxylation is 1. The predicted octanol–water partition coefficient (Wildman–Crippen LogP) is 4.17. The van der Waals surface area contributed by atoms with Gasteiger partial charge in [-0.3, -0.25) is 0 Å². The molecule has 0 aromatic heterocycles. The van der Waals surface area contributed by atoms with Crippen molar-refractivity contribution in [3.63, 3.8) is 0 Å². The Morgan fingerprint density at radius 2 is 2.05 bits per heavy atom. The maximum atomic E-state index is 8.94. The molecule has 19 heavy (non-hydrogen) atoms. The van der Waals surface area contributed by atoms with Crippen LogP contribution in [0.4, 0.5) is 0 Å². The van der Waals surface area contributed by atoms with Gasteiger partial charge in [-0.25, -0.2) is 0 Å². The zero-order valence-corrected chi connectivity index (χ0v) is 11.8. The van der Waals surface area contributed by atoms with Gasteiger partial charge in [0.05, 0.1) is 12.7 Å². The van der Waals surface area contributed by atoms with E-state index in [0.29, 0.717) is 11.3 Å². The highest BCUT2D eigenvalue weighted by atomic mass is 32.2. The van der Waals surface area contributed by atoms with Crippen molar-refractivity contribution in [2.24, 2.45) is 0 Å². The topological polar surface area (TPSA) is 33.0 Å². The third kappa shape index (κ3) is 3.52. The van der Waals surface area contributed by atoms with E-state index in [0.717, 1.165) is 11.3 Å². The summed E-state index contributed by atoms with van der Waals surface area (Å²) in [6, 6.07) is 16.3. The van der Waals surface area contributed by atoms with Gasteiger partial charge in [-0.2, -0.15) is 5.26 Å². The summed E-state index contributed by atoms with van der Waals surface area (Å²) in [5, 5.41) is 8.94. The third-order valence-electron chi connectivity index (χ3n) is 2.78. The van der Waals surface area contributed by atoms with Gasteiger partial charge in [0, 0.05) is 10.6 Å². The van der Waals surface area contributed by atoms with Crippen LogP contribution in [-0.2, 0) is 5.75 Å². The minimum absolute atomic E-state index is 0.576. The van der Waals surface area contributed by atoms with E-state index in [1.165, 1.54) is 10.5 Å². The first kappa shape index (κ1) is 13.5. The molecule has 0 fully saturated rings. The highest BCUT2D eigenvalue weighted by molar-refractivity contribution is 7.98. The van der Waals surface area contributed by atoms with Gasteiger partial charge in [0.15, 0.2) is 0 Å². The van der Waals surface area contributed by atoms with Gasteiger partial charge >= 0.3 is 0 Å². The number of benzene rings is 2. The fourth-order valence-corrected chi connectivity index (χ4v) is 2.75. The van der Waals surface area contributed by atoms with Crippen LogP contribution in [0.5, 0.6) is 5.75 Å². The zero-order valence-electron chi connectivity index (χ0n) is 11.0. The van der Waals surface area contributed by atoms with E-state index in [1.807, 2.05) is 18.2 Å². The summed E-state index contributed by atoms with van der Waals surface area (Å²) in [4.78, 5) is 1.25. The fourth-order valence-electron chi connectivity index (χ4n) is 1.79. The highest BCUT2D eigenvalue weighted by Gasteiger charge is 2.04. The first-order valence-corrected chi connectivity index (χ1v) is 6.98. The van der Waals surface area contributed by atoms with Gasteiger partial charge < -0.3 is 4.74 Å². The SMILES string of the molecule is COc1cc(CSc2cccc(C)c2)ccc1C#N. The number of methoxy groups -OCH3 is 1. The van der Waals surface area contributed by atoms with E-state index >= 15 is 0 Å². The molecule has 0 N–H and O–H groups in total. The lowest BCUT2D eigenvalue weighted by Crippen LogP contribution is -1.90. The monoisotopic (exact) mass is 269 g/mol. The van der Waals surface area contributed by atoms with Gasteiger partial charge in [0.25, 0.3) is 0 Å². The van der Waals surface area contributed by atoms with Gasteiger partial charge in [-0.05, 0) is 36.8 Å². The Morgan fingerprint density at radius 1 is 1.21 bits per heavy atom. The van der Waals surface area contributed by atoms with Crippen molar-refractivity contribution in [1.82, 2.24) is 0 Å². The molecule has 0 radical (unpaired) electrons. The van der Waals surface area contributed by atoms with Crippen LogP contribution in [0, 0.1) is 18.3 Å². The molecule has 2 rings (SSSR count). The lowest BCUT2D eigenvalue weighted by Gasteiger charge is -2.07. The molecule has 0 amide bonds. The Hall–Kier alpha value is -1.92. The molecule has 96 valence electrons. The Morgan fingerprint density at radius 3 is 2.74 bits per heavy atom. The van der Waals surface area contributed by atoms with Crippen LogP contribution in [0.25, 0.3) is 0 Å². The van der Waals surface area contributed by atoms with Crippen molar-refractivity contribution in [3.8, 4) is 11.8 Å². The molecule has 2 aromatic carbocycles. The van der Waals surface area contributed by atoms with E-state index in [1.54, 1.807) is 18.9 Å². The molecule has 0 saturated heterocycles. The summed E-state index contributed by atoms with van der Waals surface area (Å²) in [5.41, 5.74) is 3.00. The minimum atomic E-state index is 0.576. The Labute approximate surface area is 118 Å². The number of nitriles is 1. The highest BCUT2D eigenvalue weighted by Crippen LogP contribution is 2.26. The molecular weight excluding hydrogens is 254 g/mol. The van der Waals surface area contributed by atoms with Gasteiger partial charge in [0.1, 0.15) is 11.8 Å². The molecule has 2 aromatic rings. The summed E-state index contributed by atoms with van der Waals surface area (Å²) < 4.78 is 5.22. The summed E-state index contributed by atoms with van der Waals surface area (Å²) in [7, 11) is 1.59. The van der Waals surface area contributed by atoms with E-state index in [9.17, 15) is 0 Å². The molecule has 0 atom stereocenters. The molecule has 0 aliphatic carbocycles. The number of rotatable bonds is 4. The second-order valence-corrected chi connectivity index (χ2v) is 5.30. The molecular formula is C16H15NOS. The van der Waals surface area contributed by atoms with Crippen LogP contribution in [0.3, 0.4) is 0 Å². The number of ether oxygens (including phenoxy) is 1. The van der Waals surface area contributed by atoms with Crippen molar-refractivity contribution in [2.45, 2.75) is 17.6 Å². The van der Waals surface area contributed by atoms with E-state index in [2.05, 4.69) is 37.3 Å². The Bertz CT molecular complexity index is 616. The van der Waals surface area contributed by atoms with Crippen LogP contribution < -0.4 is 4.74 Å². The quantitative estimate of drug-likeness (QED) is 0.781. The molecule has 0 unspecified atom stereocenters. The van der Waals surface area contributed by atoms with Crippen molar-refractivity contribution >= 4 is 11.8 Å². The molecule has 2 nitrogen and oxygen atoms in total. The molecule has 0 spiro atoms. The molecule has 0 saturated carbocycles. The average Bonchev–Trinajstić information content (AvgIpc) is 2.45. The lowest BCUT2D eigenvalue weighted by atomic mass is 10.1. The van der Waals surface area contributed by atoms with Crippen molar-refractivity contribution in [1.29, 1.82) is 5.26 Å². The van der Waals surface area contributed by atoms with Gasteiger partial charge in [-0.1, -0.05) is 23.8 Å². The predicted molar refractivity (Wildman–Crippen MR) is 78.4 cm³/mol. The minimum Gasteiger partial charge on any atom is -0.495 e. The normalized spacial score (nSPS) is 9.95. The average molecular weight is 269 g/mol. The van der Waals surface area contributed by atoms with Crippen molar-refractivity contribution in [2.75, 3.05) is 7.11 Å². The van der Waals surface area contributed by atoms with Gasteiger partial charge in [-0.15, -0.1) is 11.8 Å². The van der Waals surface area contributed by atoms with Crippen molar-refractivity contribution < 1.29 is 4.74 Å². The second-order valence-electron chi connectivity index (χ2n) is 4.25. The number of thioether (sulfide) groups is 1. The van der Waals surface area contributed by atoms with Crippen LogP contribution in [-0.4, -0.2) is 7.11 Å². The Balaban J connectivity index is 2.10. The third-order valence-corrected chi connectivity index (χ3v) is 3.85.